The van der Waals surface area contributed by atoms with Gasteiger partial charge in [-0.3, -0.25) is 14.5 Å². The first-order valence-electron chi connectivity index (χ1n) is 11.0. The molecule has 1 heterocycles. The van der Waals surface area contributed by atoms with Gasteiger partial charge in [0.2, 0.25) is 11.8 Å². The second-order valence-electron chi connectivity index (χ2n) is 8.83. The summed E-state index contributed by atoms with van der Waals surface area (Å²) in [5, 5.41) is 3.03. The summed E-state index contributed by atoms with van der Waals surface area (Å²) in [6.45, 7) is 6.78. The van der Waals surface area contributed by atoms with E-state index in [0.29, 0.717) is 32.7 Å². The number of amides is 2. The number of hydrogen-bond acceptors (Lipinski definition) is 3. The van der Waals surface area contributed by atoms with Gasteiger partial charge in [-0.2, -0.15) is 0 Å². The van der Waals surface area contributed by atoms with Crippen LogP contribution in [0, 0.1) is 19.7 Å². The minimum atomic E-state index is -0.579. The number of carbonyl (C=O) groups is 2. The molecule has 2 amide bonds. The van der Waals surface area contributed by atoms with E-state index in [1.807, 2.05) is 43.0 Å². The molecule has 1 saturated heterocycles. The number of rotatable bonds is 5. The fourth-order valence-corrected chi connectivity index (χ4v) is 4.75. The van der Waals surface area contributed by atoms with Crippen LogP contribution in [0.5, 0.6) is 0 Å². The zero-order chi connectivity index (χ0) is 22.0. The molecular weight excluding hydrogens is 393 g/mol. The quantitative estimate of drug-likeness (QED) is 0.799. The van der Waals surface area contributed by atoms with E-state index in [4.69, 9.17) is 0 Å². The van der Waals surface area contributed by atoms with Crippen LogP contribution in [-0.2, 0) is 15.0 Å². The molecule has 1 N–H and O–H groups in total. The first kappa shape index (κ1) is 21.5. The average molecular weight is 424 g/mol. The van der Waals surface area contributed by atoms with Crippen molar-refractivity contribution in [1.82, 2.24) is 9.80 Å². The highest BCUT2D eigenvalue weighted by molar-refractivity contribution is 5.94. The number of para-hydroxylation sites is 1. The Hall–Kier alpha value is -2.73. The summed E-state index contributed by atoms with van der Waals surface area (Å²) >= 11 is 0. The lowest BCUT2D eigenvalue weighted by molar-refractivity contribution is -0.142. The molecule has 5 nitrogen and oxygen atoms in total. The van der Waals surface area contributed by atoms with Crippen LogP contribution >= 0.6 is 0 Å². The first-order valence-corrected chi connectivity index (χ1v) is 11.0. The predicted octanol–water partition coefficient (Wildman–Crippen LogP) is 3.65. The molecule has 0 unspecified atom stereocenters. The molecule has 0 aromatic heterocycles. The van der Waals surface area contributed by atoms with Gasteiger partial charge in [-0.25, -0.2) is 4.39 Å². The molecule has 0 bridgehead atoms. The Morgan fingerprint density at radius 3 is 2.23 bits per heavy atom. The van der Waals surface area contributed by atoms with Gasteiger partial charge in [0.05, 0.1) is 12.0 Å². The molecule has 164 valence electrons. The smallest absolute Gasteiger partial charge is 0.238 e. The van der Waals surface area contributed by atoms with Crippen molar-refractivity contribution in [3.05, 3.63) is 65.0 Å². The van der Waals surface area contributed by atoms with E-state index in [1.165, 1.54) is 12.1 Å². The summed E-state index contributed by atoms with van der Waals surface area (Å²) < 4.78 is 13.8. The molecule has 2 fully saturated rings. The van der Waals surface area contributed by atoms with Gasteiger partial charge in [-0.1, -0.05) is 36.8 Å². The molecular formula is C25H30FN3O2. The molecule has 2 aromatic carbocycles. The van der Waals surface area contributed by atoms with Crippen molar-refractivity contribution < 1.29 is 14.0 Å². The maximum atomic E-state index is 13.8. The van der Waals surface area contributed by atoms with Crippen LogP contribution in [0.3, 0.4) is 0 Å². The number of aryl methyl sites for hydroxylation is 2. The largest absolute Gasteiger partial charge is 0.339 e. The van der Waals surface area contributed by atoms with Crippen molar-refractivity contribution >= 4 is 17.5 Å². The van der Waals surface area contributed by atoms with E-state index in [0.717, 1.165) is 41.6 Å². The van der Waals surface area contributed by atoms with Gasteiger partial charge in [0.15, 0.2) is 0 Å². The number of benzene rings is 2. The second-order valence-corrected chi connectivity index (χ2v) is 8.83. The summed E-state index contributed by atoms with van der Waals surface area (Å²) in [6, 6.07) is 12.4. The van der Waals surface area contributed by atoms with Gasteiger partial charge >= 0.3 is 0 Å². The Morgan fingerprint density at radius 2 is 1.65 bits per heavy atom. The molecule has 2 aliphatic rings. The van der Waals surface area contributed by atoms with Crippen molar-refractivity contribution in [2.24, 2.45) is 0 Å². The number of piperazine rings is 1. The zero-order valence-corrected chi connectivity index (χ0v) is 18.3. The number of halogens is 1. The van der Waals surface area contributed by atoms with Crippen LogP contribution in [-0.4, -0.2) is 54.3 Å². The Kier molecular flexibility index (Phi) is 6.10. The fraction of sp³-hybridized carbons (Fsp3) is 0.440. The molecule has 0 spiro atoms. The van der Waals surface area contributed by atoms with Crippen LogP contribution < -0.4 is 5.32 Å². The number of nitrogens with zero attached hydrogens (tertiary/aromatic N) is 2. The first-order chi connectivity index (χ1) is 14.9. The molecule has 1 saturated carbocycles. The van der Waals surface area contributed by atoms with Gasteiger partial charge in [0, 0.05) is 31.9 Å². The predicted molar refractivity (Wildman–Crippen MR) is 119 cm³/mol. The minimum Gasteiger partial charge on any atom is -0.339 e. The summed E-state index contributed by atoms with van der Waals surface area (Å²) in [5.41, 5.74) is 3.19. The molecule has 1 aliphatic carbocycles. The van der Waals surface area contributed by atoms with Crippen molar-refractivity contribution in [3.8, 4) is 0 Å². The van der Waals surface area contributed by atoms with Crippen molar-refractivity contribution in [2.45, 2.75) is 38.5 Å². The molecule has 0 atom stereocenters. The summed E-state index contributed by atoms with van der Waals surface area (Å²) in [4.78, 5) is 29.9. The molecule has 1 aliphatic heterocycles. The average Bonchev–Trinajstić information content (AvgIpc) is 2.71. The topological polar surface area (TPSA) is 52.7 Å². The third-order valence-electron chi connectivity index (χ3n) is 6.77. The highest BCUT2D eigenvalue weighted by Gasteiger charge is 2.48. The van der Waals surface area contributed by atoms with Crippen LogP contribution in [0.4, 0.5) is 10.1 Å². The molecule has 0 radical (unpaired) electrons. The van der Waals surface area contributed by atoms with E-state index < -0.39 is 5.41 Å². The number of hydrogen-bond donors (Lipinski definition) is 1. The van der Waals surface area contributed by atoms with Crippen LogP contribution in [0.15, 0.2) is 42.5 Å². The van der Waals surface area contributed by atoms with Gasteiger partial charge in [0.25, 0.3) is 0 Å². The lowest BCUT2D eigenvalue weighted by atomic mass is 9.63. The number of anilines is 1. The lowest BCUT2D eigenvalue weighted by Crippen LogP contribution is -2.57. The number of carbonyl (C=O) groups excluding carboxylic acids is 2. The Labute approximate surface area is 183 Å². The highest BCUT2D eigenvalue weighted by Crippen LogP contribution is 2.45. The Bertz CT molecular complexity index is 958. The maximum Gasteiger partial charge on any atom is 0.238 e. The Balaban J connectivity index is 1.34. The van der Waals surface area contributed by atoms with E-state index in [9.17, 15) is 14.0 Å². The van der Waals surface area contributed by atoms with Crippen molar-refractivity contribution in [3.63, 3.8) is 0 Å². The summed E-state index contributed by atoms with van der Waals surface area (Å²) in [5.74, 6) is -0.229. The van der Waals surface area contributed by atoms with Crippen LogP contribution in [0.1, 0.15) is 36.0 Å². The molecule has 2 aromatic rings. The SMILES string of the molecule is Cc1cccc(C)c1NC(=O)CN1CCN(C(=O)C2(c3cccc(F)c3)CCC2)CC1. The summed E-state index contributed by atoms with van der Waals surface area (Å²) in [7, 11) is 0. The number of nitrogens with one attached hydrogen (secondary N) is 1. The van der Waals surface area contributed by atoms with Gasteiger partial charge < -0.3 is 10.2 Å². The Morgan fingerprint density at radius 1 is 1.00 bits per heavy atom. The lowest BCUT2D eigenvalue weighted by Gasteiger charge is -2.46. The molecule has 4 rings (SSSR count). The van der Waals surface area contributed by atoms with E-state index >= 15 is 0 Å². The molecule has 31 heavy (non-hydrogen) atoms. The van der Waals surface area contributed by atoms with Crippen molar-refractivity contribution in [1.29, 1.82) is 0 Å². The fourth-order valence-electron chi connectivity index (χ4n) is 4.75. The van der Waals surface area contributed by atoms with E-state index in [-0.39, 0.29) is 17.6 Å². The summed E-state index contributed by atoms with van der Waals surface area (Å²) in [6.07, 6.45) is 2.53. The van der Waals surface area contributed by atoms with Gasteiger partial charge in [-0.05, 0) is 55.5 Å². The maximum absolute atomic E-state index is 13.8. The third kappa shape index (κ3) is 4.35. The highest BCUT2D eigenvalue weighted by atomic mass is 19.1. The normalized spacial score (nSPS) is 18.4. The van der Waals surface area contributed by atoms with E-state index in [1.54, 1.807) is 6.07 Å². The molecule has 6 heteroatoms. The third-order valence-corrected chi connectivity index (χ3v) is 6.77. The van der Waals surface area contributed by atoms with Crippen LogP contribution in [0.2, 0.25) is 0 Å². The standard InChI is InChI=1S/C25H30FN3O2/c1-18-6-3-7-19(2)23(18)27-22(30)17-28-12-14-29(15-13-28)24(31)25(10-5-11-25)20-8-4-9-21(26)16-20/h3-4,6-9,16H,5,10-15,17H2,1-2H3,(H,27,30). The second kappa shape index (κ2) is 8.79. The van der Waals surface area contributed by atoms with Crippen molar-refractivity contribution in [2.75, 3.05) is 38.0 Å². The van der Waals surface area contributed by atoms with Gasteiger partial charge in [-0.15, -0.1) is 0 Å². The van der Waals surface area contributed by atoms with Crippen LogP contribution in [0.25, 0.3) is 0 Å². The minimum absolute atomic E-state index is 0.0348. The zero-order valence-electron chi connectivity index (χ0n) is 18.3. The van der Waals surface area contributed by atoms with Gasteiger partial charge in [0.1, 0.15) is 5.82 Å². The van der Waals surface area contributed by atoms with E-state index in [2.05, 4.69) is 10.2 Å². The monoisotopic (exact) mass is 423 g/mol.